The SMILES string of the molecule is O=P([O-])([O-])[O-].[SH-].[Zr+4]. The van der Waals surface area contributed by atoms with E-state index in [1.165, 1.54) is 0 Å². The summed E-state index contributed by atoms with van der Waals surface area (Å²) in [7, 11) is -5.39. The Labute approximate surface area is 66.7 Å². The van der Waals surface area contributed by atoms with E-state index in [9.17, 15) is 0 Å². The Morgan fingerprint density at radius 3 is 1.14 bits per heavy atom. The summed E-state index contributed by atoms with van der Waals surface area (Å²) in [5.41, 5.74) is 0. The first-order valence-corrected chi connectivity index (χ1v) is 2.19. The van der Waals surface area contributed by atoms with Gasteiger partial charge in [-0.3, -0.25) is 0 Å². The number of hydrogen-bond acceptors (Lipinski definition) is 5. The molecule has 7 heavy (non-hydrogen) atoms. The van der Waals surface area contributed by atoms with Gasteiger partial charge in [-0.2, -0.15) is 7.82 Å². The molecule has 0 spiro atoms. The van der Waals surface area contributed by atoms with Crippen molar-refractivity contribution in [2.45, 2.75) is 0 Å². The molecule has 0 aliphatic heterocycles. The molecule has 0 atom stereocenters. The Morgan fingerprint density at radius 2 is 1.14 bits per heavy atom. The molecular formula is HO4PSZr. The fourth-order valence-electron chi connectivity index (χ4n) is 0. The van der Waals surface area contributed by atoms with Crippen LogP contribution < -0.4 is 14.7 Å². The Bertz CT molecular complexity index is 57.8. The molecule has 7 heteroatoms. The van der Waals surface area contributed by atoms with Gasteiger partial charge in [-0.1, -0.05) is 0 Å². The van der Waals surface area contributed by atoms with E-state index in [1.54, 1.807) is 0 Å². The van der Waals surface area contributed by atoms with Gasteiger partial charge in [-0.05, 0) is 0 Å². The van der Waals surface area contributed by atoms with Crippen LogP contribution >= 0.6 is 7.82 Å². The summed E-state index contributed by atoms with van der Waals surface area (Å²) in [5, 5.41) is 0. The van der Waals surface area contributed by atoms with Crippen LogP contribution in [0.3, 0.4) is 0 Å². The molecule has 0 rings (SSSR count). The van der Waals surface area contributed by atoms with Crippen LogP contribution in [0.25, 0.3) is 0 Å². The van der Waals surface area contributed by atoms with E-state index in [2.05, 4.69) is 0 Å². The Morgan fingerprint density at radius 1 is 1.14 bits per heavy atom. The van der Waals surface area contributed by atoms with Crippen LogP contribution in [0.15, 0.2) is 0 Å². The summed E-state index contributed by atoms with van der Waals surface area (Å²) in [5.74, 6) is 0. The topological polar surface area (TPSA) is 86.2 Å². The largest absolute Gasteiger partial charge is 4.00 e. The molecule has 0 heterocycles. The molecule has 0 fully saturated rings. The normalized spacial score (nSPS) is 8.43. The fourth-order valence-corrected chi connectivity index (χ4v) is 0. The monoisotopic (exact) mass is 218 g/mol. The third-order valence-electron chi connectivity index (χ3n) is 0. The molecule has 0 radical (unpaired) electrons. The van der Waals surface area contributed by atoms with Crippen molar-refractivity contribution in [1.82, 2.24) is 0 Å². The average Bonchev–Trinajstić information content (AvgIpc) is 0.722. The van der Waals surface area contributed by atoms with Crippen LogP contribution in [0.5, 0.6) is 0 Å². The minimum atomic E-state index is -5.39. The third-order valence-corrected chi connectivity index (χ3v) is 0. The van der Waals surface area contributed by atoms with Crippen molar-refractivity contribution in [2.75, 3.05) is 0 Å². The minimum Gasteiger partial charge on any atom is -0.822 e. The Hall–Kier alpha value is 1.34. The van der Waals surface area contributed by atoms with Gasteiger partial charge in [0.2, 0.25) is 0 Å². The van der Waals surface area contributed by atoms with Crippen molar-refractivity contribution >= 4 is 21.3 Å². The molecule has 40 valence electrons. The van der Waals surface area contributed by atoms with Crippen LogP contribution in [0.4, 0.5) is 0 Å². The molecule has 0 aromatic carbocycles. The summed E-state index contributed by atoms with van der Waals surface area (Å²) < 4.78 is 8.55. The number of phosphoric acid groups is 1. The Kier molecular flexibility index (Phi) is 12.3. The number of thiol groups is 1. The molecule has 0 saturated heterocycles. The summed E-state index contributed by atoms with van der Waals surface area (Å²) >= 11 is 0. The van der Waals surface area contributed by atoms with Crippen molar-refractivity contribution in [3.63, 3.8) is 0 Å². The summed E-state index contributed by atoms with van der Waals surface area (Å²) in [4.78, 5) is 25.6. The van der Waals surface area contributed by atoms with Crippen molar-refractivity contribution in [1.29, 1.82) is 0 Å². The zero-order valence-electron chi connectivity index (χ0n) is 3.03. The van der Waals surface area contributed by atoms with E-state index in [4.69, 9.17) is 19.2 Å². The zero-order valence-corrected chi connectivity index (χ0v) is 7.27. The second kappa shape index (κ2) is 5.48. The first kappa shape index (κ1) is 15.8. The van der Waals surface area contributed by atoms with Gasteiger partial charge in [0, 0.05) is 0 Å². The van der Waals surface area contributed by atoms with Crippen molar-refractivity contribution in [3.05, 3.63) is 0 Å². The molecule has 0 N–H and O–H groups in total. The molecule has 0 amide bonds. The summed E-state index contributed by atoms with van der Waals surface area (Å²) in [6, 6.07) is 0. The van der Waals surface area contributed by atoms with E-state index >= 15 is 0 Å². The standard InChI is InChI=1S/H3O4P.H2S.Zr/c1-5(2,3)4;;/h(H3,1,2,3,4);1H2;/q;;+4/p-4. The van der Waals surface area contributed by atoms with Crippen molar-refractivity contribution in [3.8, 4) is 0 Å². The molecule has 0 aliphatic carbocycles. The first-order valence-electron chi connectivity index (χ1n) is 0.730. The molecule has 0 bridgehead atoms. The number of rotatable bonds is 0. The molecule has 0 aliphatic rings. The van der Waals surface area contributed by atoms with E-state index in [1.807, 2.05) is 0 Å². The summed E-state index contributed by atoms with van der Waals surface area (Å²) in [6.45, 7) is 0. The van der Waals surface area contributed by atoms with Gasteiger partial charge in [0.25, 0.3) is 0 Å². The van der Waals surface area contributed by atoms with Crippen LogP contribution in [-0.2, 0) is 44.3 Å². The second-order valence-electron chi connectivity index (χ2n) is 0.447. The van der Waals surface area contributed by atoms with Gasteiger partial charge in [-0.25, -0.2) is 0 Å². The third kappa shape index (κ3) is 116. The zero-order chi connectivity index (χ0) is 4.50. The van der Waals surface area contributed by atoms with Crippen molar-refractivity contribution in [2.24, 2.45) is 0 Å². The van der Waals surface area contributed by atoms with Crippen LogP contribution in [0, 0.1) is 0 Å². The quantitative estimate of drug-likeness (QED) is 0.245. The molecule has 0 unspecified atom stereocenters. The van der Waals surface area contributed by atoms with Gasteiger partial charge in [-0.15, -0.1) is 0 Å². The minimum absolute atomic E-state index is 0. The smallest absolute Gasteiger partial charge is 0.822 e. The van der Waals surface area contributed by atoms with E-state index < -0.39 is 7.82 Å². The van der Waals surface area contributed by atoms with Gasteiger partial charge in [0.05, 0.1) is 0 Å². The average molecular weight is 219 g/mol. The molecule has 0 saturated carbocycles. The predicted molar refractivity (Wildman–Crippen MR) is 16.4 cm³/mol. The maximum atomic E-state index is 8.55. The van der Waals surface area contributed by atoms with Gasteiger partial charge in [0.15, 0.2) is 0 Å². The van der Waals surface area contributed by atoms with Crippen LogP contribution in [0.2, 0.25) is 0 Å². The maximum absolute atomic E-state index is 8.55. The first-order chi connectivity index (χ1) is 2.00. The summed E-state index contributed by atoms with van der Waals surface area (Å²) in [6.07, 6.45) is 0. The van der Waals surface area contributed by atoms with E-state index in [-0.39, 0.29) is 39.7 Å². The maximum Gasteiger partial charge on any atom is 4.00 e. The second-order valence-corrected chi connectivity index (χ2v) is 1.34. The number of hydrogen-bond donors (Lipinski definition) is 0. The van der Waals surface area contributed by atoms with Crippen molar-refractivity contribution < 1.29 is 45.4 Å². The predicted octanol–water partition coefficient (Wildman–Crippen LogP) is -3.10. The van der Waals surface area contributed by atoms with E-state index in [0.717, 1.165) is 0 Å². The van der Waals surface area contributed by atoms with Gasteiger partial charge >= 0.3 is 26.2 Å². The van der Waals surface area contributed by atoms with Gasteiger partial charge in [0.1, 0.15) is 0 Å². The fraction of sp³-hybridized carbons (Fsp3) is 0. The van der Waals surface area contributed by atoms with Gasteiger partial charge < -0.3 is 32.7 Å². The molecule has 4 nitrogen and oxygen atoms in total. The Balaban J connectivity index is -0.0000000800. The molecule has 0 aromatic rings. The van der Waals surface area contributed by atoms with Crippen LogP contribution in [-0.4, -0.2) is 0 Å². The van der Waals surface area contributed by atoms with Crippen LogP contribution in [0.1, 0.15) is 0 Å². The molecular weight excluding hydrogens is 218 g/mol. The van der Waals surface area contributed by atoms with E-state index in [0.29, 0.717) is 0 Å². The molecule has 0 aromatic heterocycles.